The van der Waals surface area contributed by atoms with E-state index < -0.39 is 29.6 Å². The highest BCUT2D eigenvalue weighted by molar-refractivity contribution is 5.96. The number of cyclic esters (lactones) is 1. The first-order valence-corrected chi connectivity index (χ1v) is 9.93. The summed E-state index contributed by atoms with van der Waals surface area (Å²) >= 11 is 0. The summed E-state index contributed by atoms with van der Waals surface area (Å²) in [5.74, 6) is -2.61. The van der Waals surface area contributed by atoms with Crippen molar-refractivity contribution in [3.63, 3.8) is 0 Å². The molecule has 8 nitrogen and oxygen atoms in total. The number of nitrogens with one attached hydrogen (secondary N) is 1. The predicted octanol–water partition coefficient (Wildman–Crippen LogP) is 3.92. The molecule has 0 spiro atoms. The van der Waals surface area contributed by atoms with E-state index in [9.17, 15) is 18.4 Å². The number of nitrogens with zero attached hydrogens (tertiary/aromatic N) is 3. The van der Waals surface area contributed by atoms with E-state index in [0.29, 0.717) is 16.8 Å². The molecular weight excluding hydrogens is 434 g/mol. The Balaban J connectivity index is 1.37. The number of carbonyl (C=O) groups excluding carboxylic acids is 2. The van der Waals surface area contributed by atoms with Crippen LogP contribution >= 0.6 is 0 Å². The minimum atomic E-state index is -0.836. The summed E-state index contributed by atoms with van der Waals surface area (Å²) < 4.78 is 40.4. The Morgan fingerprint density at radius 1 is 1.18 bits per heavy atom. The summed E-state index contributed by atoms with van der Waals surface area (Å²) in [6.07, 6.45) is 0.592. The van der Waals surface area contributed by atoms with Gasteiger partial charge < -0.3 is 9.47 Å². The fraction of sp³-hybridized carbons (Fsp3) is 0.130. The van der Waals surface area contributed by atoms with Crippen LogP contribution in [0.1, 0.15) is 28.4 Å². The number of ether oxygens (including phenoxy) is 2. The molecule has 1 atom stereocenters. The third-order valence-electron chi connectivity index (χ3n) is 5.29. The Hall–Kier alpha value is -4.34. The highest BCUT2D eigenvalue weighted by Gasteiger charge is 2.32. The highest BCUT2D eigenvalue weighted by Crippen LogP contribution is 2.33. The van der Waals surface area contributed by atoms with Gasteiger partial charge in [-0.3, -0.25) is 10.1 Å². The molecule has 166 valence electrons. The lowest BCUT2D eigenvalue weighted by atomic mass is 10.0. The average molecular weight is 450 g/mol. The highest BCUT2D eigenvalue weighted by atomic mass is 19.1. The molecule has 4 aromatic rings. The number of anilines is 1. The Morgan fingerprint density at radius 2 is 2.00 bits per heavy atom. The van der Waals surface area contributed by atoms with Crippen LogP contribution < -0.4 is 10.1 Å². The van der Waals surface area contributed by atoms with Gasteiger partial charge in [0.2, 0.25) is 11.9 Å². The average Bonchev–Trinajstić information content (AvgIpc) is 3.34. The first-order valence-electron chi connectivity index (χ1n) is 9.93. The number of hydrogen-bond acceptors (Lipinski definition) is 6. The number of halogens is 2. The van der Waals surface area contributed by atoms with Crippen molar-refractivity contribution in [2.75, 3.05) is 12.4 Å². The molecule has 1 N–H and O–H groups in total. The van der Waals surface area contributed by atoms with Crippen molar-refractivity contribution in [2.24, 2.45) is 0 Å². The van der Waals surface area contributed by atoms with Gasteiger partial charge in [-0.25, -0.2) is 18.1 Å². The van der Waals surface area contributed by atoms with E-state index in [4.69, 9.17) is 9.47 Å². The number of carbonyl (C=O) groups is 2. The second kappa shape index (κ2) is 7.97. The van der Waals surface area contributed by atoms with Crippen LogP contribution in [0.25, 0.3) is 16.8 Å². The number of fused-ring (bicyclic) bond motifs is 2. The van der Waals surface area contributed by atoms with E-state index in [-0.39, 0.29) is 29.2 Å². The number of hydrogen-bond donors (Lipinski definition) is 1. The predicted molar refractivity (Wildman–Crippen MR) is 113 cm³/mol. The monoisotopic (exact) mass is 450 g/mol. The van der Waals surface area contributed by atoms with Crippen molar-refractivity contribution in [1.82, 2.24) is 14.6 Å². The SMILES string of the molecule is COc1ccc(F)c(-c2ccc3nc(NC(=O)C[C@H]4OC(=O)c5ccccc54)nn3c2)c1F. The molecule has 0 aliphatic carbocycles. The van der Waals surface area contributed by atoms with Gasteiger partial charge in [-0.05, 0) is 30.3 Å². The topological polar surface area (TPSA) is 94.8 Å². The van der Waals surface area contributed by atoms with E-state index in [2.05, 4.69) is 15.4 Å². The molecule has 0 fully saturated rings. The lowest BCUT2D eigenvalue weighted by Crippen LogP contribution is -2.16. The maximum absolute atomic E-state index is 14.6. The lowest BCUT2D eigenvalue weighted by Gasteiger charge is -2.09. The number of methoxy groups -OCH3 is 1. The van der Waals surface area contributed by atoms with Gasteiger partial charge in [0, 0.05) is 17.3 Å². The zero-order valence-corrected chi connectivity index (χ0v) is 17.2. The Bertz CT molecular complexity index is 1420. The summed E-state index contributed by atoms with van der Waals surface area (Å²) in [7, 11) is 1.29. The van der Waals surface area contributed by atoms with Crippen LogP contribution in [-0.2, 0) is 9.53 Å². The normalized spacial score (nSPS) is 14.8. The largest absolute Gasteiger partial charge is 0.494 e. The molecule has 5 rings (SSSR count). The van der Waals surface area contributed by atoms with Crippen LogP contribution in [0.2, 0.25) is 0 Å². The quantitative estimate of drug-likeness (QED) is 0.463. The van der Waals surface area contributed by atoms with E-state index >= 15 is 0 Å². The summed E-state index contributed by atoms with van der Waals surface area (Å²) in [6.45, 7) is 0. The van der Waals surface area contributed by atoms with Crippen molar-refractivity contribution >= 4 is 23.5 Å². The summed E-state index contributed by atoms with van der Waals surface area (Å²) in [5, 5.41) is 6.73. The van der Waals surface area contributed by atoms with Crippen LogP contribution in [0.5, 0.6) is 5.75 Å². The van der Waals surface area contributed by atoms with Gasteiger partial charge in [-0.15, -0.1) is 5.10 Å². The van der Waals surface area contributed by atoms with Crippen LogP contribution in [0.15, 0.2) is 54.7 Å². The maximum Gasteiger partial charge on any atom is 0.339 e. The minimum Gasteiger partial charge on any atom is -0.494 e. The molecule has 1 amide bonds. The van der Waals surface area contributed by atoms with Gasteiger partial charge >= 0.3 is 5.97 Å². The summed E-state index contributed by atoms with van der Waals surface area (Å²) in [5.41, 5.74) is 1.39. The molecule has 0 unspecified atom stereocenters. The third-order valence-corrected chi connectivity index (χ3v) is 5.29. The van der Waals surface area contributed by atoms with Gasteiger partial charge in [0.1, 0.15) is 11.9 Å². The molecule has 0 saturated carbocycles. The number of aromatic nitrogens is 3. The number of amides is 1. The molecule has 0 bridgehead atoms. The van der Waals surface area contributed by atoms with E-state index in [1.54, 1.807) is 24.3 Å². The van der Waals surface area contributed by atoms with E-state index in [0.717, 1.165) is 6.07 Å². The number of rotatable bonds is 5. The van der Waals surface area contributed by atoms with Crippen molar-refractivity contribution in [3.05, 3.63) is 77.5 Å². The zero-order valence-electron chi connectivity index (χ0n) is 17.2. The lowest BCUT2D eigenvalue weighted by molar-refractivity contribution is -0.118. The van der Waals surface area contributed by atoms with Crippen molar-refractivity contribution in [1.29, 1.82) is 0 Å². The molecule has 2 aromatic carbocycles. The van der Waals surface area contributed by atoms with Crippen molar-refractivity contribution in [3.8, 4) is 16.9 Å². The molecule has 0 radical (unpaired) electrons. The molecule has 33 heavy (non-hydrogen) atoms. The standard InChI is InChI=1S/C23H16F2N4O4/c1-32-16-8-7-15(24)20(21(16)25)12-6-9-18-26-23(28-29(18)11-12)27-19(30)10-17-13-4-2-3-5-14(13)22(31)33-17/h2-9,11,17H,10H2,1H3,(H,27,28,30)/t17-/m1/s1. The Labute approximate surface area is 185 Å². The smallest absolute Gasteiger partial charge is 0.339 e. The Kier molecular flexibility index (Phi) is 4.97. The van der Waals surface area contributed by atoms with Gasteiger partial charge in [0.05, 0.1) is 24.7 Å². The summed E-state index contributed by atoms with van der Waals surface area (Å²) in [4.78, 5) is 28.6. The van der Waals surface area contributed by atoms with Gasteiger partial charge in [0.15, 0.2) is 17.2 Å². The molecule has 3 heterocycles. The van der Waals surface area contributed by atoms with E-state index in [1.807, 2.05) is 0 Å². The maximum atomic E-state index is 14.6. The molecule has 1 aliphatic rings. The molecule has 2 aromatic heterocycles. The van der Waals surface area contributed by atoms with Gasteiger partial charge in [-0.1, -0.05) is 18.2 Å². The second-order valence-electron chi connectivity index (χ2n) is 7.33. The molecule has 0 saturated heterocycles. The van der Waals surface area contributed by atoms with Crippen LogP contribution in [0.4, 0.5) is 14.7 Å². The summed E-state index contributed by atoms with van der Waals surface area (Å²) in [6, 6.07) is 12.2. The number of esters is 1. The van der Waals surface area contributed by atoms with Crippen molar-refractivity contribution in [2.45, 2.75) is 12.5 Å². The van der Waals surface area contributed by atoms with Gasteiger partial charge in [0.25, 0.3) is 0 Å². The first kappa shape index (κ1) is 20.6. The fourth-order valence-corrected chi connectivity index (χ4v) is 3.76. The zero-order chi connectivity index (χ0) is 23.1. The minimum absolute atomic E-state index is 0.00125. The van der Waals surface area contributed by atoms with E-state index in [1.165, 1.54) is 36.0 Å². The molecule has 10 heteroatoms. The second-order valence-corrected chi connectivity index (χ2v) is 7.33. The molecule has 1 aliphatic heterocycles. The van der Waals surface area contributed by atoms with Crippen molar-refractivity contribution < 1.29 is 27.8 Å². The van der Waals surface area contributed by atoms with Gasteiger partial charge in [-0.2, -0.15) is 4.98 Å². The fourth-order valence-electron chi connectivity index (χ4n) is 3.76. The van der Waals surface area contributed by atoms with Crippen LogP contribution in [0, 0.1) is 11.6 Å². The molecular formula is C23H16F2N4O4. The third kappa shape index (κ3) is 3.65. The Morgan fingerprint density at radius 3 is 2.82 bits per heavy atom. The van der Waals surface area contributed by atoms with Crippen LogP contribution in [0.3, 0.4) is 0 Å². The number of benzene rings is 2. The van der Waals surface area contributed by atoms with Crippen LogP contribution in [-0.4, -0.2) is 33.6 Å². The first-order chi connectivity index (χ1) is 15.9. The number of pyridine rings is 1.